The average molecular weight is 182 g/mol. The van der Waals surface area contributed by atoms with Gasteiger partial charge in [-0.2, -0.15) is 5.10 Å². The predicted octanol–water partition coefficient (Wildman–Crippen LogP) is 2.22. The predicted molar refractivity (Wildman–Crippen MR) is 52.4 cm³/mol. The Kier molecular flexibility index (Phi) is 3.96. The van der Waals surface area contributed by atoms with Gasteiger partial charge in [-0.25, -0.2) is 0 Å². The van der Waals surface area contributed by atoms with E-state index in [1.54, 1.807) is 0 Å². The van der Waals surface area contributed by atoms with Gasteiger partial charge in [-0.15, -0.1) is 0 Å². The number of hydrogen-bond acceptors (Lipinski definition) is 2. The van der Waals surface area contributed by atoms with E-state index in [9.17, 15) is 0 Å². The highest BCUT2D eigenvalue weighted by molar-refractivity contribution is 4.96. The molecule has 0 saturated heterocycles. The summed E-state index contributed by atoms with van der Waals surface area (Å²) in [4.78, 5) is 0. The Balaban J connectivity index is 2.36. The van der Waals surface area contributed by atoms with Gasteiger partial charge in [0.2, 0.25) is 0 Å². The van der Waals surface area contributed by atoms with Gasteiger partial charge in [-0.1, -0.05) is 6.92 Å². The lowest BCUT2D eigenvalue weighted by molar-refractivity contribution is 0.0486. The Morgan fingerprint density at radius 3 is 2.85 bits per heavy atom. The summed E-state index contributed by atoms with van der Waals surface area (Å²) in [5.41, 5.74) is 1.02. The van der Waals surface area contributed by atoms with Crippen LogP contribution in [-0.4, -0.2) is 15.9 Å². The normalized spacial score (nSPS) is 13.2. The first-order chi connectivity index (χ1) is 6.26. The fraction of sp³-hybridized carbons (Fsp3) is 0.700. The van der Waals surface area contributed by atoms with E-state index in [-0.39, 0.29) is 0 Å². The van der Waals surface area contributed by atoms with E-state index in [4.69, 9.17) is 4.74 Å². The first-order valence-corrected chi connectivity index (χ1v) is 4.90. The van der Waals surface area contributed by atoms with Crippen molar-refractivity contribution in [1.82, 2.24) is 9.78 Å². The zero-order valence-electron chi connectivity index (χ0n) is 8.66. The van der Waals surface area contributed by atoms with Gasteiger partial charge in [0.15, 0.2) is 0 Å². The third-order valence-corrected chi connectivity index (χ3v) is 2.11. The minimum absolute atomic E-state index is 0.326. The Labute approximate surface area is 79.7 Å². The molecule has 0 radical (unpaired) electrons. The van der Waals surface area contributed by atoms with Gasteiger partial charge in [0.25, 0.3) is 0 Å². The van der Waals surface area contributed by atoms with E-state index in [1.807, 2.05) is 16.9 Å². The molecule has 0 bridgehead atoms. The molecule has 0 unspecified atom stereocenters. The molecule has 0 aliphatic heterocycles. The topological polar surface area (TPSA) is 27.1 Å². The van der Waals surface area contributed by atoms with Crippen LogP contribution in [0.3, 0.4) is 0 Å². The van der Waals surface area contributed by atoms with Crippen molar-refractivity contribution < 1.29 is 4.74 Å². The van der Waals surface area contributed by atoms with Gasteiger partial charge >= 0.3 is 0 Å². The molecule has 74 valence electrons. The van der Waals surface area contributed by atoms with Crippen molar-refractivity contribution in [3.8, 4) is 0 Å². The van der Waals surface area contributed by atoms with Crippen LogP contribution < -0.4 is 0 Å². The molecular formula is C10H18N2O. The Morgan fingerprint density at radius 2 is 2.31 bits per heavy atom. The van der Waals surface area contributed by atoms with Crippen LogP contribution >= 0.6 is 0 Å². The molecule has 3 nitrogen and oxygen atoms in total. The zero-order valence-corrected chi connectivity index (χ0v) is 8.66. The molecule has 0 spiro atoms. The molecule has 3 heteroatoms. The molecule has 0 N–H and O–H groups in total. The highest BCUT2D eigenvalue weighted by Crippen LogP contribution is 2.03. The molecule has 1 aromatic rings. The second kappa shape index (κ2) is 5.02. The molecule has 0 fully saturated rings. The van der Waals surface area contributed by atoms with Crippen molar-refractivity contribution in [3.63, 3.8) is 0 Å². The van der Waals surface area contributed by atoms with Crippen LogP contribution in [0.15, 0.2) is 12.3 Å². The van der Waals surface area contributed by atoms with E-state index in [2.05, 4.69) is 25.9 Å². The third-order valence-electron chi connectivity index (χ3n) is 2.11. The van der Waals surface area contributed by atoms with Crippen LogP contribution in [-0.2, 0) is 17.9 Å². The average Bonchev–Trinajstić information content (AvgIpc) is 2.61. The second-order valence-electron chi connectivity index (χ2n) is 3.19. The molecule has 13 heavy (non-hydrogen) atoms. The highest BCUT2D eigenvalue weighted by Gasteiger charge is 2.01. The quantitative estimate of drug-likeness (QED) is 0.698. The van der Waals surface area contributed by atoms with Crippen LogP contribution in [0.4, 0.5) is 0 Å². The lowest BCUT2D eigenvalue weighted by Gasteiger charge is -2.08. The molecule has 1 heterocycles. The molecule has 0 aliphatic rings. The molecular weight excluding hydrogens is 164 g/mol. The fourth-order valence-corrected chi connectivity index (χ4v) is 1.00. The molecule has 0 aliphatic carbocycles. The van der Waals surface area contributed by atoms with E-state index < -0.39 is 0 Å². The summed E-state index contributed by atoms with van der Waals surface area (Å²) < 4.78 is 7.47. The van der Waals surface area contributed by atoms with Crippen LogP contribution in [0.2, 0.25) is 0 Å². The van der Waals surface area contributed by atoms with Gasteiger partial charge in [0.1, 0.15) is 0 Å². The van der Waals surface area contributed by atoms with Crippen molar-refractivity contribution in [2.75, 3.05) is 0 Å². The van der Waals surface area contributed by atoms with Gasteiger partial charge in [-0.05, 0) is 26.3 Å². The van der Waals surface area contributed by atoms with Crippen molar-refractivity contribution in [2.24, 2.45) is 0 Å². The lowest BCUT2D eigenvalue weighted by atomic mass is 10.3. The number of ether oxygens (including phenoxy) is 1. The van der Waals surface area contributed by atoms with Crippen LogP contribution in [0, 0.1) is 0 Å². The smallest absolute Gasteiger partial charge is 0.0910 e. The Bertz CT molecular complexity index is 245. The summed E-state index contributed by atoms with van der Waals surface area (Å²) in [5, 5.41) is 4.33. The fourth-order valence-electron chi connectivity index (χ4n) is 1.00. The second-order valence-corrected chi connectivity index (χ2v) is 3.19. The zero-order chi connectivity index (χ0) is 9.68. The van der Waals surface area contributed by atoms with E-state index in [0.29, 0.717) is 12.7 Å². The van der Waals surface area contributed by atoms with Crippen LogP contribution in [0.1, 0.15) is 32.9 Å². The summed E-state index contributed by atoms with van der Waals surface area (Å²) in [6.07, 6.45) is 3.36. The first-order valence-electron chi connectivity index (χ1n) is 4.90. The van der Waals surface area contributed by atoms with Gasteiger partial charge in [-0.3, -0.25) is 4.68 Å². The minimum atomic E-state index is 0.326. The van der Waals surface area contributed by atoms with Crippen molar-refractivity contribution in [3.05, 3.63) is 18.0 Å². The lowest BCUT2D eigenvalue weighted by Crippen LogP contribution is -2.06. The number of rotatable bonds is 5. The summed E-state index contributed by atoms with van der Waals surface area (Å²) in [7, 11) is 0. The molecule has 0 amide bonds. The maximum atomic E-state index is 5.56. The number of aryl methyl sites for hydroxylation is 1. The van der Waals surface area contributed by atoms with Crippen LogP contribution in [0.25, 0.3) is 0 Å². The molecule has 1 atom stereocenters. The van der Waals surface area contributed by atoms with Gasteiger partial charge in [0.05, 0.1) is 18.4 Å². The third kappa shape index (κ3) is 3.19. The monoisotopic (exact) mass is 182 g/mol. The summed E-state index contributed by atoms with van der Waals surface area (Å²) >= 11 is 0. The maximum Gasteiger partial charge on any atom is 0.0910 e. The van der Waals surface area contributed by atoms with E-state index in [0.717, 1.165) is 18.7 Å². The van der Waals surface area contributed by atoms with Crippen molar-refractivity contribution >= 4 is 0 Å². The van der Waals surface area contributed by atoms with Crippen LogP contribution in [0.5, 0.6) is 0 Å². The van der Waals surface area contributed by atoms with E-state index in [1.165, 1.54) is 0 Å². The SMILES string of the molecule is CC[C@H](C)OCc1ccn(CC)n1. The summed E-state index contributed by atoms with van der Waals surface area (Å²) in [6, 6.07) is 2.01. The van der Waals surface area contributed by atoms with E-state index >= 15 is 0 Å². The first kappa shape index (κ1) is 10.3. The van der Waals surface area contributed by atoms with Crippen molar-refractivity contribution in [1.29, 1.82) is 0 Å². The summed E-state index contributed by atoms with van der Waals surface area (Å²) in [5.74, 6) is 0. The van der Waals surface area contributed by atoms with Crippen molar-refractivity contribution in [2.45, 2.75) is 46.4 Å². The standard InChI is InChI=1S/C10H18N2O/c1-4-9(3)13-8-10-6-7-12(5-2)11-10/h6-7,9H,4-5,8H2,1-3H3/t9-/m0/s1. The largest absolute Gasteiger partial charge is 0.372 e. The summed E-state index contributed by atoms with van der Waals surface area (Å²) in [6.45, 7) is 7.82. The Morgan fingerprint density at radius 1 is 1.54 bits per heavy atom. The highest BCUT2D eigenvalue weighted by atomic mass is 16.5. The molecule has 0 saturated carbocycles. The molecule has 1 aromatic heterocycles. The number of nitrogens with zero attached hydrogens (tertiary/aromatic N) is 2. The Hall–Kier alpha value is -0.830. The molecule has 0 aromatic carbocycles. The number of aromatic nitrogens is 2. The minimum Gasteiger partial charge on any atom is -0.372 e. The van der Waals surface area contributed by atoms with Gasteiger partial charge in [0, 0.05) is 12.7 Å². The maximum absolute atomic E-state index is 5.56. The number of hydrogen-bond donors (Lipinski definition) is 0. The molecule has 1 rings (SSSR count). The van der Waals surface area contributed by atoms with Gasteiger partial charge < -0.3 is 4.74 Å².